The van der Waals surface area contributed by atoms with Crippen molar-refractivity contribution in [2.24, 2.45) is 0 Å². The Morgan fingerprint density at radius 2 is 1.73 bits per heavy atom. The second-order valence-electron chi connectivity index (χ2n) is 5.12. The van der Waals surface area contributed by atoms with Gasteiger partial charge in [0.05, 0.1) is 6.10 Å². The van der Waals surface area contributed by atoms with Gasteiger partial charge in [0.1, 0.15) is 10.6 Å². The number of ether oxygens (including phenoxy) is 1. The van der Waals surface area contributed by atoms with Crippen LogP contribution in [0.1, 0.15) is 25.7 Å². The molecule has 9 heteroatoms. The molecule has 1 fully saturated rings. The second kappa shape index (κ2) is 6.43. The Bertz CT molecular complexity index is 610. The van der Waals surface area contributed by atoms with E-state index in [4.69, 9.17) is 0 Å². The number of hydrogen-bond donors (Lipinski definition) is 2. The quantitative estimate of drug-likeness (QED) is 0.881. The molecule has 124 valence electrons. The molecule has 0 amide bonds. The van der Waals surface area contributed by atoms with Crippen LogP contribution in [0.4, 0.5) is 13.2 Å². The summed E-state index contributed by atoms with van der Waals surface area (Å²) in [6.45, 7) is 0. The molecule has 0 spiro atoms. The molecule has 0 aromatic heterocycles. The monoisotopic (exact) mass is 339 g/mol. The lowest BCUT2D eigenvalue weighted by Gasteiger charge is -2.26. The van der Waals surface area contributed by atoms with Gasteiger partial charge in [0, 0.05) is 6.04 Å². The fraction of sp³-hybridized carbons (Fsp3) is 0.538. The van der Waals surface area contributed by atoms with Gasteiger partial charge in [-0.3, -0.25) is 0 Å². The first-order chi connectivity index (χ1) is 10.2. The predicted molar refractivity (Wildman–Crippen MR) is 71.7 cm³/mol. The molecule has 1 aliphatic carbocycles. The van der Waals surface area contributed by atoms with Crippen molar-refractivity contribution < 1.29 is 31.4 Å². The van der Waals surface area contributed by atoms with Gasteiger partial charge < -0.3 is 9.84 Å². The lowest BCUT2D eigenvalue weighted by Crippen LogP contribution is -2.38. The van der Waals surface area contributed by atoms with E-state index in [9.17, 15) is 26.7 Å². The molecule has 0 bridgehead atoms. The standard InChI is InChI=1S/C13H16F3NO4S/c14-13(15,16)21-11-3-1-2-4-12(11)22(19,20)17-9-5-7-10(18)8-6-9/h1-4,9-10,17-18H,5-8H2. The predicted octanol–water partition coefficient (Wildman–Crippen LogP) is 2.17. The molecule has 1 saturated carbocycles. The third kappa shape index (κ3) is 4.59. The number of aliphatic hydroxyl groups excluding tert-OH is 1. The van der Waals surface area contributed by atoms with E-state index >= 15 is 0 Å². The van der Waals surface area contributed by atoms with Gasteiger partial charge in [-0.25, -0.2) is 13.1 Å². The Morgan fingerprint density at radius 3 is 2.32 bits per heavy atom. The Morgan fingerprint density at radius 1 is 1.14 bits per heavy atom. The fourth-order valence-electron chi connectivity index (χ4n) is 2.36. The number of sulfonamides is 1. The summed E-state index contributed by atoms with van der Waals surface area (Å²) in [6.07, 6.45) is -3.66. The maximum Gasteiger partial charge on any atom is 0.573 e. The Labute approximate surface area is 126 Å². The molecule has 0 heterocycles. The minimum Gasteiger partial charge on any atom is -0.404 e. The third-order valence-corrected chi connectivity index (χ3v) is 4.94. The highest BCUT2D eigenvalue weighted by Gasteiger charge is 2.34. The van der Waals surface area contributed by atoms with Gasteiger partial charge >= 0.3 is 6.36 Å². The van der Waals surface area contributed by atoms with Crippen molar-refractivity contribution in [3.8, 4) is 5.75 Å². The van der Waals surface area contributed by atoms with E-state index in [-0.39, 0.29) is 0 Å². The molecule has 0 unspecified atom stereocenters. The first kappa shape index (κ1) is 17.0. The van der Waals surface area contributed by atoms with Crippen LogP contribution < -0.4 is 9.46 Å². The summed E-state index contributed by atoms with van der Waals surface area (Å²) in [6, 6.07) is 4.18. The normalized spacial score (nSPS) is 23.3. The molecule has 1 aromatic carbocycles. The van der Waals surface area contributed by atoms with Gasteiger partial charge in [0.2, 0.25) is 10.0 Å². The number of rotatable bonds is 4. The summed E-state index contributed by atoms with van der Waals surface area (Å²) in [5, 5.41) is 9.39. The Kier molecular flexibility index (Phi) is 4.98. The summed E-state index contributed by atoms with van der Waals surface area (Å²) in [4.78, 5) is -0.557. The highest BCUT2D eigenvalue weighted by Crippen LogP contribution is 2.30. The van der Waals surface area contributed by atoms with Crippen molar-refractivity contribution in [2.45, 2.75) is 49.1 Å². The highest BCUT2D eigenvalue weighted by atomic mass is 32.2. The average molecular weight is 339 g/mol. The zero-order chi connectivity index (χ0) is 16.4. The molecule has 22 heavy (non-hydrogen) atoms. The van der Waals surface area contributed by atoms with E-state index in [1.54, 1.807) is 0 Å². The molecule has 0 saturated heterocycles. The molecule has 2 rings (SSSR count). The average Bonchev–Trinajstić information content (AvgIpc) is 2.40. The minimum atomic E-state index is -4.97. The molecule has 1 aliphatic rings. The molecule has 0 atom stereocenters. The zero-order valence-electron chi connectivity index (χ0n) is 11.5. The molecule has 0 radical (unpaired) electrons. The highest BCUT2D eigenvalue weighted by molar-refractivity contribution is 7.89. The number of para-hydroxylation sites is 1. The lowest BCUT2D eigenvalue weighted by atomic mass is 9.94. The van der Waals surface area contributed by atoms with Crippen molar-refractivity contribution in [1.29, 1.82) is 0 Å². The number of halogens is 3. The van der Waals surface area contributed by atoms with Crippen LogP contribution >= 0.6 is 0 Å². The molecular weight excluding hydrogens is 323 g/mol. The van der Waals surface area contributed by atoms with E-state index in [1.807, 2.05) is 0 Å². The van der Waals surface area contributed by atoms with Crippen LogP contribution in [0, 0.1) is 0 Å². The summed E-state index contributed by atoms with van der Waals surface area (Å²) in [5.74, 6) is -0.765. The van der Waals surface area contributed by atoms with Crippen molar-refractivity contribution in [3.05, 3.63) is 24.3 Å². The topological polar surface area (TPSA) is 75.6 Å². The first-order valence-corrected chi connectivity index (χ1v) is 8.21. The second-order valence-corrected chi connectivity index (χ2v) is 6.80. The van der Waals surface area contributed by atoms with Crippen LogP contribution in [-0.2, 0) is 10.0 Å². The Hall–Kier alpha value is -1.32. The molecule has 1 aromatic rings. The lowest BCUT2D eigenvalue weighted by molar-refractivity contribution is -0.275. The van der Waals surface area contributed by atoms with Crippen LogP contribution in [-0.4, -0.2) is 32.0 Å². The maximum atomic E-state index is 12.3. The van der Waals surface area contributed by atoms with Crippen LogP contribution in [0.3, 0.4) is 0 Å². The van der Waals surface area contributed by atoms with Gasteiger partial charge in [-0.1, -0.05) is 12.1 Å². The van der Waals surface area contributed by atoms with Gasteiger partial charge in [-0.05, 0) is 37.8 Å². The maximum absolute atomic E-state index is 12.3. The number of nitrogens with one attached hydrogen (secondary N) is 1. The molecule has 5 nitrogen and oxygen atoms in total. The summed E-state index contributed by atoms with van der Waals surface area (Å²) in [7, 11) is -4.14. The van der Waals surface area contributed by atoms with E-state index in [1.165, 1.54) is 12.1 Å². The van der Waals surface area contributed by atoms with E-state index < -0.39 is 39.2 Å². The fourth-order valence-corrected chi connectivity index (χ4v) is 3.79. The smallest absolute Gasteiger partial charge is 0.404 e. The van der Waals surface area contributed by atoms with Gasteiger partial charge in [-0.2, -0.15) is 0 Å². The van der Waals surface area contributed by atoms with Crippen LogP contribution in [0.15, 0.2) is 29.2 Å². The van der Waals surface area contributed by atoms with Crippen LogP contribution in [0.2, 0.25) is 0 Å². The zero-order valence-corrected chi connectivity index (χ0v) is 12.3. The van der Waals surface area contributed by atoms with Gasteiger partial charge in [0.25, 0.3) is 0 Å². The molecule has 2 N–H and O–H groups in total. The summed E-state index contributed by atoms with van der Waals surface area (Å²) < 4.78 is 67.7. The van der Waals surface area contributed by atoms with Crippen LogP contribution in [0.25, 0.3) is 0 Å². The van der Waals surface area contributed by atoms with Crippen molar-refractivity contribution in [1.82, 2.24) is 4.72 Å². The number of alkyl halides is 3. The molecular formula is C13H16F3NO4S. The van der Waals surface area contributed by atoms with Crippen molar-refractivity contribution >= 4 is 10.0 Å². The van der Waals surface area contributed by atoms with Gasteiger partial charge in [-0.15, -0.1) is 13.2 Å². The van der Waals surface area contributed by atoms with E-state index in [0.717, 1.165) is 12.1 Å². The summed E-state index contributed by atoms with van der Waals surface area (Å²) in [5.41, 5.74) is 0. The largest absolute Gasteiger partial charge is 0.573 e. The number of hydrogen-bond acceptors (Lipinski definition) is 4. The van der Waals surface area contributed by atoms with E-state index in [0.29, 0.717) is 25.7 Å². The first-order valence-electron chi connectivity index (χ1n) is 6.72. The van der Waals surface area contributed by atoms with Crippen molar-refractivity contribution in [3.63, 3.8) is 0 Å². The van der Waals surface area contributed by atoms with Gasteiger partial charge in [0.15, 0.2) is 0 Å². The third-order valence-electron chi connectivity index (χ3n) is 3.38. The van der Waals surface area contributed by atoms with Crippen LogP contribution in [0.5, 0.6) is 5.75 Å². The molecule has 0 aliphatic heterocycles. The Balaban J connectivity index is 2.19. The number of aliphatic hydroxyl groups is 1. The number of benzene rings is 1. The van der Waals surface area contributed by atoms with Crippen molar-refractivity contribution in [2.75, 3.05) is 0 Å². The summed E-state index contributed by atoms with van der Waals surface area (Å²) >= 11 is 0. The SMILES string of the molecule is O=S(=O)(NC1CCC(O)CC1)c1ccccc1OC(F)(F)F. The van der Waals surface area contributed by atoms with E-state index in [2.05, 4.69) is 9.46 Å². The minimum absolute atomic E-state index is 0.410.